The summed E-state index contributed by atoms with van der Waals surface area (Å²) in [7, 11) is 0. The maximum absolute atomic E-state index is 14.2. The molecular weight excluding hydrogens is 430 g/mol. The highest BCUT2D eigenvalue weighted by atomic mass is 19.1. The number of fused-ring (bicyclic) bond motifs is 1. The molecule has 2 heterocycles. The van der Waals surface area contributed by atoms with Crippen LogP contribution in [0.25, 0.3) is 10.9 Å². The monoisotopic (exact) mass is 452 g/mol. The summed E-state index contributed by atoms with van der Waals surface area (Å²) in [4.78, 5) is 15.9. The maximum Gasteiger partial charge on any atom is 0.293 e. The number of amides is 1. The van der Waals surface area contributed by atoms with Crippen LogP contribution in [0.3, 0.4) is 0 Å². The largest absolute Gasteiger partial charge is 0.387 e. The first-order valence-corrected chi connectivity index (χ1v) is 10.3. The van der Waals surface area contributed by atoms with E-state index in [2.05, 4.69) is 10.3 Å². The number of aromatic nitrogens is 2. The highest BCUT2D eigenvalue weighted by Gasteiger charge is 2.15. The van der Waals surface area contributed by atoms with E-state index in [9.17, 15) is 18.7 Å². The van der Waals surface area contributed by atoms with Gasteiger partial charge < -0.3 is 15.0 Å². The van der Waals surface area contributed by atoms with Crippen molar-refractivity contribution in [1.29, 1.82) is 0 Å². The number of pyridine rings is 1. The summed E-state index contributed by atoms with van der Waals surface area (Å²) in [6.07, 6.45) is 2.55. The zero-order valence-electron chi connectivity index (χ0n) is 17.5. The molecule has 0 spiro atoms. The molecular formula is C24H22F2N4O3. The number of rotatable bonds is 8. The molecule has 2 aromatic carbocycles. The Kier molecular flexibility index (Phi) is 6.74. The van der Waals surface area contributed by atoms with E-state index in [-0.39, 0.29) is 12.2 Å². The van der Waals surface area contributed by atoms with E-state index in [0.29, 0.717) is 29.6 Å². The molecule has 0 saturated heterocycles. The smallest absolute Gasteiger partial charge is 0.293 e. The van der Waals surface area contributed by atoms with E-state index >= 15 is 0 Å². The molecule has 1 atom stereocenters. The van der Waals surface area contributed by atoms with Gasteiger partial charge in [0.25, 0.3) is 5.91 Å². The SMILES string of the molecule is O=C(NO)c1cc2c(CNCC(O)c3ccccc3)cn(Cc3ccc(F)cc3F)c2cn1. The van der Waals surface area contributed by atoms with Crippen LogP contribution < -0.4 is 10.8 Å². The topological polar surface area (TPSA) is 99.4 Å². The van der Waals surface area contributed by atoms with E-state index in [4.69, 9.17) is 5.21 Å². The summed E-state index contributed by atoms with van der Waals surface area (Å²) in [6.45, 7) is 0.768. The molecule has 33 heavy (non-hydrogen) atoms. The molecule has 4 rings (SSSR count). The molecule has 9 heteroatoms. The Morgan fingerprint density at radius 1 is 1.09 bits per heavy atom. The minimum atomic E-state index is -0.757. The minimum absolute atomic E-state index is 0.0151. The summed E-state index contributed by atoms with van der Waals surface area (Å²) < 4.78 is 29.3. The highest BCUT2D eigenvalue weighted by molar-refractivity contribution is 5.96. The highest BCUT2D eigenvalue weighted by Crippen LogP contribution is 2.24. The first kappa shape index (κ1) is 22.5. The van der Waals surface area contributed by atoms with Gasteiger partial charge in [-0.25, -0.2) is 19.2 Å². The lowest BCUT2D eigenvalue weighted by Gasteiger charge is -2.12. The number of carbonyl (C=O) groups excluding carboxylic acids is 1. The molecule has 1 unspecified atom stereocenters. The maximum atomic E-state index is 14.2. The zero-order chi connectivity index (χ0) is 23.4. The molecule has 0 aliphatic heterocycles. The van der Waals surface area contributed by atoms with Gasteiger partial charge in [-0.05, 0) is 23.3 Å². The average Bonchev–Trinajstić information content (AvgIpc) is 3.17. The summed E-state index contributed by atoms with van der Waals surface area (Å²) in [5, 5.41) is 23.2. The van der Waals surface area contributed by atoms with Crippen LogP contribution in [0.4, 0.5) is 8.78 Å². The Hall–Kier alpha value is -3.66. The molecule has 4 N–H and O–H groups in total. The van der Waals surface area contributed by atoms with Crippen LogP contribution in [-0.2, 0) is 13.1 Å². The third-order valence-electron chi connectivity index (χ3n) is 5.38. The van der Waals surface area contributed by atoms with Crippen LogP contribution in [0.15, 0.2) is 67.0 Å². The lowest BCUT2D eigenvalue weighted by atomic mass is 10.1. The summed E-state index contributed by atoms with van der Waals surface area (Å²) >= 11 is 0. The number of aliphatic hydroxyl groups excluding tert-OH is 1. The van der Waals surface area contributed by atoms with Gasteiger partial charge in [-0.15, -0.1) is 0 Å². The Morgan fingerprint density at radius 2 is 1.88 bits per heavy atom. The van der Waals surface area contributed by atoms with E-state index < -0.39 is 23.6 Å². The van der Waals surface area contributed by atoms with Crippen molar-refractivity contribution in [3.05, 3.63) is 101 Å². The van der Waals surface area contributed by atoms with Crippen molar-refractivity contribution in [2.45, 2.75) is 19.2 Å². The molecule has 0 fully saturated rings. The van der Waals surface area contributed by atoms with Gasteiger partial charge in [0.15, 0.2) is 0 Å². The fraction of sp³-hybridized carbons (Fsp3) is 0.167. The zero-order valence-corrected chi connectivity index (χ0v) is 17.5. The Balaban J connectivity index is 1.61. The van der Waals surface area contributed by atoms with Crippen molar-refractivity contribution >= 4 is 16.8 Å². The van der Waals surface area contributed by atoms with Crippen LogP contribution in [0.1, 0.15) is 33.3 Å². The molecule has 170 valence electrons. The van der Waals surface area contributed by atoms with Gasteiger partial charge in [-0.1, -0.05) is 36.4 Å². The molecule has 0 aliphatic carbocycles. The van der Waals surface area contributed by atoms with Gasteiger partial charge in [0, 0.05) is 36.3 Å². The third kappa shape index (κ3) is 5.06. The first-order chi connectivity index (χ1) is 16.0. The summed E-state index contributed by atoms with van der Waals surface area (Å²) in [5.41, 5.74) is 4.07. The second kappa shape index (κ2) is 9.86. The van der Waals surface area contributed by atoms with Crippen molar-refractivity contribution in [3.63, 3.8) is 0 Å². The number of nitrogens with one attached hydrogen (secondary N) is 2. The van der Waals surface area contributed by atoms with Crippen molar-refractivity contribution in [1.82, 2.24) is 20.3 Å². The van der Waals surface area contributed by atoms with E-state index in [1.54, 1.807) is 16.2 Å². The van der Waals surface area contributed by atoms with Gasteiger partial charge >= 0.3 is 0 Å². The van der Waals surface area contributed by atoms with Gasteiger partial charge in [0.1, 0.15) is 17.3 Å². The second-order valence-corrected chi connectivity index (χ2v) is 7.60. The number of carbonyl (C=O) groups is 1. The Labute approximate surface area is 188 Å². The van der Waals surface area contributed by atoms with Gasteiger partial charge in [-0.2, -0.15) is 0 Å². The minimum Gasteiger partial charge on any atom is -0.387 e. The Bertz CT molecular complexity index is 1280. The van der Waals surface area contributed by atoms with Gasteiger partial charge in [-0.3, -0.25) is 10.0 Å². The predicted octanol–water partition coefficient (Wildman–Crippen LogP) is 3.31. The lowest BCUT2D eigenvalue weighted by Crippen LogP contribution is -2.21. The van der Waals surface area contributed by atoms with E-state index in [0.717, 1.165) is 17.2 Å². The number of nitrogens with zero attached hydrogens (tertiary/aromatic N) is 2. The van der Waals surface area contributed by atoms with Gasteiger partial charge in [0.2, 0.25) is 0 Å². The third-order valence-corrected chi connectivity index (χ3v) is 5.38. The molecule has 0 bridgehead atoms. The van der Waals surface area contributed by atoms with Crippen molar-refractivity contribution in [2.75, 3.05) is 6.54 Å². The Morgan fingerprint density at radius 3 is 2.61 bits per heavy atom. The summed E-state index contributed by atoms with van der Waals surface area (Å²) in [6, 6.07) is 14.2. The average molecular weight is 452 g/mol. The first-order valence-electron chi connectivity index (χ1n) is 10.3. The lowest BCUT2D eigenvalue weighted by molar-refractivity contribution is 0.0701. The summed E-state index contributed by atoms with van der Waals surface area (Å²) in [5.74, 6) is -2.07. The predicted molar refractivity (Wildman–Crippen MR) is 118 cm³/mol. The molecule has 0 saturated carbocycles. The molecule has 0 radical (unpaired) electrons. The van der Waals surface area contributed by atoms with Crippen LogP contribution >= 0.6 is 0 Å². The number of hydrogen-bond donors (Lipinski definition) is 4. The molecule has 0 aliphatic rings. The van der Waals surface area contributed by atoms with Crippen LogP contribution in [0.5, 0.6) is 0 Å². The fourth-order valence-electron chi connectivity index (χ4n) is 3.68. The van der Waals surface area contributed by atoms with Crippen molar-refractivity contribution in [3.8, 4) is 0 Å². The number of halogens is 2. The van der Waals surface area contributed by atoms with Crippen molar-refractivity contribution < 1.29 is 23.9 Å². The number of hydrogen-bond acceptors (Lipinski definition) is 5. The number of hydroxylamine groups is 1. The normalized spacial score (nSPS) is 12.1. The van der Waals surface area contributed by atoms with Crippen molar-refractivity contribution in [2.24, 2.45) is 0 Å². The quantitative estimate of drug-likeness (QED) is 0.243. The van der Waals surface area contributed by atoms with E-state index in [1.807, 2.05) is 30.3 Å². The number of aliphatic hydroxyl groups is 1. The fourth-order valence-corrected chi connectivity index (χ4v) is 3.68. The number of benzene rings is 2. The molecule has 7 nitrogen and oxygen atoms in total. The van der Waals surface area contributed by atoms with Gasteiger partial charge in [0.05, 0.1) is 24.4 Å². The molecule has 4 aromatic rings. The molecule has 2 aromatic heterocycles. The van der Waals surface area contributed by atoms with Crippen LogP contribution in [0.2, 0.25) is 0 Å². The molecule has 1 amide bonds. The standard InChI is InChI=1S/C24H22F2N4O3/c25-18-7-6-16(20(26)8-18)13-30-14-17(10-27-12-23(31)15-4-2-1-3-5-15)19-9-21(24(32)29-33)28-11-22(19)30/h1-9,11,14,23,27,31,33H,10,12-13H2,(H,29,32). The van der Waals surface area contributed by atoms with Crippen LogP contribution in [0, 0.1) is 11.6 Å². The van der Waals surface area contributed by atoms with E-state index in [1.165, 1.54) is 24.4 Å². The second-order valence-electron chi connectivity index (χ2n) is 7.60. The van der Waals surface area contributed by atoms with Crippen LogP contribution in [-0.4, -0.2) is 32.3 Å².